The van der Waals surface area contributed by atoms with E-state index in [4.69, 9.17) is 5.84 Å². The highest BCUT2D eigenvalue weighted by Crippen LogP contribution is 2.27. The second kappa shape index (κ2) is 5.38. The van der Waals surface area contributed by atoms with Gasteiger partial charge >= 0.3 is 0 Å². The van der Waals surface area contributed by atoms with E-state index in [1.165, 1.54) is 32.1 Å². The first-order chi connectivity index (χ1) is 8.86. The highest BCUT2D eigenvalue weighted by molar-refractivity contribution is 7.15. The summed E-state index contributed by atoms with van der Waals surface area (Å²) in [4.78, 5) is 5.71. The molecule has 0 spiro atoms. The lowest BCUT2D eigenvalue weighted by molar-refractivity contribution is 0.268. The van der Waals surface area contributed by atoms with Gasteiger partial charge in [-0.15, -0.1) is 11.3 Å². The molecule has 2 heterocycles. The molecule has 0 radical (unpaired) electrons. The average molecular weight is 264 g/mol. The van der Waals surface area contributed by atoms with Crippen molar-refractivity contribution in [1.82, 2.24) is 14.8 Å². The number of hydrogen-bond acceptors (Lipinski definition) is 4. The van der Waals surface area contributed by atoms with E-state index in [1.807, 2.05) is 0 Å². The normalized spacial score (nSPS) is 19.4. The van der Waals surface area contributed by atoms with Crippen molar-refractivity contribution in [3.8, 4) is 0 Å². The molecule has 4 nitrogen and oxygen atoms in total. The fourth-order valence-corrected chi connectivity index (χ4v) is 3.72. The van der Waals surface area contributed by atoms with Gasteiger partial charge in [-0.3, -0.25) is 15.7 Å². The van der Waals surface area contributed by atoms with E-state index in [2.05, 4.69) is 32.6 Å². The fourth-order valence-electron chi connectivity index (χ4n) is 3.00. The van der Waals surface area contributed by atoms with Gasteiger partial charge in [0.05, 0.1) is 5.69 Å². The molecule has 1 unspecified atom stereocenters. The molecule has 2 aromatic rings. The second-order valence-electron chi connectivity index (χ2n) is 5.20. The van der Waals surface area contributed by atoms with Gasteiger partial charge in [0.15, 0.2) is 4.96 Å². The van der Waals surface area contributed by atoms with Gasteiger partial charge in [0.2, 0.25) is 0 Å². The van der Waals surface area contributed by atoms with E-state index in [0.717, 1.165) is 17.1 Å². The number of nitrogens with one attached hydrogen (secondary N) is 1. The van der Waals surface area contributed by atoms with Crippen molar-refractivity contribution in [2.45, 2.75) is 44.6 Å². The van der Waals surface area contributed by atoms with Gasteiger partial charge in [0.1, 0.15) is 0 Å². The first kappa shape index (κ1) is 12.1. The lowest BCUT2D eigenvalue weighted by atomic mass is 9.82. The molecule has 3 rings (SSSR count). The minimum Gasteiger partial charge on any atom is -0.297 e. The first-order valence-electron chi connectivity index (χ1n) is 6.74. The summed E-state index contributed by atoms with van der Waals surface area (Å²) in [5, 5.41) is 2.06. The Morgan fingerprint density at radius 2 is 2.28 bits per heavy atom. The molecule has 2 aromatic heterocycles. The van der Waals surface area contributed by atoms with Crippen molar-refractivity contribution in [3.05, 3.63) is 23.5 Å². The van der Waals surface area contributed by atoms with E-state index in [0.29, 0.717) is 12.0 Å². The zero-order valence-electron chi connectivity index (χ0n) is 10.5. The van der Waals surface area contributed by atoms with Crippen LogP contribution in [0.25, 0.3) is 4.96 Å². The van der Waals surface area contributed by atoms with Crippen LogP contribution in [0, 0.1) is 5.92 Å². The molecule has 0 aliphatic heterocycles. The van der Waals surface area contributed by atoms with Crippen LogP contribution in [-0.4, -0.2) is 15.4 Å². The van der Waals surface area contributed by atoms with E-state index < -0.39 is 0 Å². The van der Waals surface area contributed by atoms with Crippen LogP contribution in [0.5, 0.6) is 0 Å². The Kier molecular flexibility index (Phi) is 3.63. The standard InChI is InChI=1S/C13H20N4S/c14-16-12(10-4-2-1-3-5-10)8-11-9-17-6-7-18-13(17)15-11/h6-7,9-10,12,16H,1-5,8,14H2. The molecule has 5 heteroatoms. The van der Waals surface area contributed by atoms with Crippen molar-refractivity contribution in [2.75, 3.05) is 0 Å². The highest BCUT2D eigenvalue weighted by Gasteiger charge is 2.23. The van der Waals surface area contributed by atoms with Gasteiger partial charge < -0.3 is 0 Å². The SMILES string of the molecule is NNC(Cc1cn2ccsc2n1)C1CCCCC1. The van der Waals surface area contributed by atoms with Crippen LogP contribution in [0.1, 0.15) is 37.8 Å². The van der Waals surface area contributed by atoms with Gasteiger partial charge in [-0.25, -0.2) is 4.98 Å². The summed E-state index contributed by atoms with van der Waals surface area (Å²) >= 11 is 1.68. The molecular formula is C13H20N4S. The van der Waals surface area contributed by atoms with E-state index >= 15 is 0 Å². The molecule has 0 saturated heterocycles. The fraction of sp³-hybridized carbons (Fsp3) is 0.615. The lowest BCUT2D eigenvalue weighted by Crippen LogP contribution is -2.43. The Hall–Kier alpha value is -0.910. The molecule has 3 N–H and O–H groups in total. The molecule has 1 aliphatic rings. The van der Waals surface area contributed by atoms with Crippen LogP contribution >= 0.6 is 11.3 Å². The zero-order valence-corrected chi connectivity index (χ0v) is 11.3. The number of thiazole rings is 1. The topological polar surface area (TPSA) is 55.3 Å². The summed E-state index contributed by atoms with van der Waals surface area (Å²) in [6.45, 7) is 0. The maximum Gasteiger partial charge on any atom is 0.193 e. The van der Waals surface area contributed by atoms with Gasteiger partial charge in [-0.05, 0) is 18.8 Å². The van der Waals surface area contributed by atoms with Gasteiger partial charge in [0, 0.05) is 30.2 Å². The molecule has 0 aromatic carbocycles. The van der Waals surface area contributed by atoms with Gasteiger partial charge in [-0.2, -0.15) is 0 Å². The summed E-state index contributed by atoms with van der Waals surface area (Å²) in [5.41, 5.74) is 4.16. The molecule has 18 heavy (non-hydrogen) atoms. The Labute approximate surface area is 111 Å². The number of hydrogen-bond donors (Lipinski definition) is 2. The third-order valence-corrected chi connectivity index (χ3v) is 4.78. The van der Waals surface area contributed by atoms with Crippen LogP contribution in [-0.2, 0) is 6.42 Å². The monoisotopic (exact) mass is 264 g/mol. The molecule has 1 aliphatic carbocycles. The molecule has 98 valence electrons. The van der Waals surface area contributed by atoms with Crippen molar-refractivity contribution >= 4 is 16.3 Å². The molecule has 0 bridgehead atoms. The quantitative estimate of drug-likeness (QED) is 0.658. The molecule has 1 atom stereocenters. The van der Waals surface area contributed by atoms with Crippen LogP contribution in [0.3, 0.4) is 0 Å². The number of fused-ring (bicyclic) bond motifs is 1. The predicted molar refractivity (Wildman–Crippen MR) is 74.5 cm³/mol. The van der Waals surface area contributed by atoms with Crippen LogP contribution in [0.2, 0.25) is 0 Å². The molecule has 1 fully saturated rings. The molecule has 0 amide bonds. The Morgan fingerprint density at radius 1 is 1.44 bits per heavy atom. The molecular weight excluding hydrogens is 244 g/mol. The summed E-state index contributed by atoms with van der Waals surface area (Å²) in [7, 11) is 0. The van der Waals surface area contributed by atoms with E-state index in [1.54, 1.807) is 11.3 Å². The predicted octanol–water partition coefficient (Wildman–Crippen LogP) is 2.35. The summed E-state index contributed by atoms with van der Waals surface area (Å²) < 4.78 is 2.09. The highest BCUT2D eigenvalue weighted by atomic mass is 32.1. The summed E-state index contributed by atoms with van der Waals surface area (Å²) in [6.07, 6.45) is 11.8. The number of imidazole rings is 1. The lowest BCUT2D eigenvalue weighted by Gasteiger charge is -2.29. The smallest absolute Gasteiger partial charge is 0.193 e. The maximum atomic E-state index is 5.74. The third-order valence-electron chi connectivity index (χ3n) is 4.01. The van der Waals surface area contributed by atoms with E-state index in [-0.39, 0.29) is 0 Å². The number of rotatable bonds is 4. The minimum absolute atomic E-state index is 0.370. The average Bonchev–Trinajstić information content (AvgIpc) is 2.97. The number of hydrazine groups is 1. The van der Waals surface area contributed by atoms with Crippen molar-refractivity contribution in [2.24, 2.45) is 11.8 Å². The van der Waals surface area contributed by atoms with Crippen LogP contribution < -0.4 is 11.3 Å². The Balaban J connectivity index is 1.70. The number of nitrogens with zero attached hydrogens (tertiary/aromatic N) is 2. The van der Waals surface area contributed by atoms with Gasteiger partial charge in [0.25, 0.3) is 0 Å². The number of aromatic nitrogens is 2. The van der Waals surface area contributed by atoms with Crippen LogP contribution in [0.15, 0.2) is 17.8 Å². The van der Waals surface area contributed by atoms with Crippen molar-refractivity contribution < 1.29 is 0 Å². The van der Waals surface area contributed by atoms with E-state index in [9.17, 15) is 0 Å². The minimum atomic E-state index is 0.370. The largest absolute Gasteiger partial charge is 0.297 e. The molecule has 1 saturated carbocycles. The van der Waals surface area contributed by atoms with Crippen molar-refractivity contribution in [1.29, 1.82) is 0 Å². The maximum absolute atomic E-state index is 5.74. The van der Waals surface area contributed by atoms with Crippen LogP contribution in [0.4, 0.5) is 0 Å². The van der Waals surface area contributed by atoms with Gasteiger partial charge in [-0.1, -0.05) is 19.3 Å². The third kappa shape index (κ3) is 2.43. The summed E-state index contributed by atoms with van der Waals surface area (Å²) in [5.74, 6) is 6.45. The zero-order chi connectivity index (χ0) is 12.4. The second-order valence-corrected chi connectivity index (χ2v) is 6.07. The Morgan fingerprint density at radius 3 is 3.00 bits per heavy atom. The first-order valence-corrected chi connectivity index (χ1v) is 7.62. The van der Waals surface area contributed by atoms with Crippen molar-refractivity contribution in [3.63, 3.8) is 0 Å². The summed E-state index contributed by atoms with van der Waals surface area (Å²) in [6, 6.07) is 0.370. The Bertz CT molecular complexity index is 469. The number of nitrogens with two attached hydrogens (primary N) is 1.